The molecule has 2 aliphatic rings. The molecule has 3 heteroatoms. The minimum atomic E-state index is 0.314. The van der Waals surface area contributed by atoms with Gasteiger partial charge in [0.2, 0.25) is 5.91 Å². The van der Waals surface area contributed by atoms with E-state index in [4.69, 9.17) is 0 Å². The molecule has 2 fully saturated rings. The SMILES string of the molecule is CC(C)CC1CN(C(=O)C2CCCCC2)C(C)CN1. The summed E-state index contributed by atoms with van der Waals surface area (Å²) in [5, 5.41) is 3.59. The molecular formula is C16H30N2O. The second-order valence-electron chi connectivity index (χ2n) is 6.91. The molecule has 1 aliphatic heterocycles. The fraction of sp³-hybridized carbons (Fsp3) is 0.938. The molecule has 1 saturated carbocycles. The van der Waals surface area contributed by atoms with Crippen molar-refractivity contribution in [3.8, 4) is 0 Å². The first-order valence-corrected chi connectivity index (χ1v) is 8.11. The Balaban J connectivity index is 1.93. The van der Waals surface area contributed by atoms with Crippen molar-refractivity contribution in [2.24, 2.45) is 11.8 Å². The van der Waals surface area contributed by atoms with Crippen LogP contribution in [0, 0.1) is 11.8 Å². The molecular weight excluding hydrogens is 236 g/mol. The molecule has 0 spiro atoms. The van der Waals surface area contributed by atoms with Crippen LogP contribution >= 0.6 is 0 Å². The van der Waals surface area contributed by atoms with Crippen molar-refractivity contribution in [2.45, 2.75) is 71.4 Å². The van der Waals surface area contributed by atoms with Gasteiger partial charge in [-0.1, -0.05) is 33.1 Å². The average molecular weight is 266 g/mol. The highest BCUT2D eigenvalue weighted by molar-refractivity contribution is 5.79. The second-order valence-corrected chi connectivity index (χ2v) is 6.91. The summed E-state index contributed by atoms with van der Waals surface area (Å²) in [6, 6.07) is 0.849. The first kappa shape index (κ1) is 14.8. The molecule has 3 nitrogen and oxygen atoms in total. The Morgan fingerprint density at radius 1 is 1.26 bits per heavy atom. The van der Waals surface area contributed by atoms with Gasteiger partial charge in [0, 0.05) is 31.1 Å². The van der Waals surface area contributed by atoms with Crippen molar-refractivity contribution in [1.29, 1.82) is 0 Å². The molecule has 1 heterocycles. The molecule has 2 unspecified atom stereocenters. The van der Waals surface area contributed by atoms with Crippen LogP contribution in [0.15, 0.2) is 0 Å². The number of hydrogen-bond donors (Lipinski definition) is 1. The van der Waals surface area contributed by atoms with Crippen molar-refractivity contribution in [3.05, 3.63) is 0 Å². The largest absolute Gasteiger partial charge is 0.337 e. The van der Waals surface area contributed by atoms with E-state index < -0.39 is 0 Å². The van der Waals surface area contributed by atoms with Crippen molar-refractivity contribution in [1.82, 2.24) is 10.2 Å². The van der Waals surface area contributed by atoms with Gasteiger partial charge in [-0.25, -0.2) is 0 Å². The van der Waals surface area contributed by atoms with E-state index in [1.165, 1.54) is 25.7 Å². The Morgan fingerprint density at radius 2 is 1.95 bits per heavy atom. The predicted octanol–water partition coefficient (Wildman–Crippen LogP) is 2.80. The summed E-state index contributed by atoms with van der Waals surface area (Å²) < 4.78 is 0. The zero-order valence-electron chi connectivity index (χ0n) is 12.8. The van der Waals surface area contributed by atoms with E-state index in [0.717, 1.165) is 25.9 Å². The van der Waals surface area contributed by atoms with Gasteiger partial charge in [-0.3, -0.25) is 4.79 Å². The van der Waals surface area contributed by atoms with Crippen LogP contribution in [0.2, 0.25) is 0 Å². The molecule has 2 atom stereocenters. The standard InChI is InChI=1S/C16H30N2O/c1-12(2)9-15-11-18(13(3)10-17-15)16(19)14-7-5-4-6-8-14/h12-15,17H,4-11H2,1-3H3. The second kappa shape index (κ2) is 6.74. The van der Waals surface area contributed by atoms with Crippen LogP contribution in [0.5, 0.6) is 0 Å². The molecule has 0 aromatic rings. The lowest BCUT2D eigenvalue weighted by molar-refractivity contribution is -0.140. The smallest absolute Gasteiger partial charge is 0.226 e. The molecule has 1 amide bonds. The van der Waals surface area contributed by atoms with Crippen LogP contribution in [0.3, 0.4) is 0 Å². The Kier molecular flexibility index (Phi) is 5.26. The number of nitrogens with one attached hydrogen (secondary N) is 1. The summed E-state index contributed by atoms with van der Waals surface area (Å²) in [4.78, 5) is 14.9. The third-order valence-corrected chi connectivity index (χ3v) is 4.64. The Bertz CT molecular complexity index is 297. The number of piperazine rings is 1. The first-order chi connectivity index (χ1) is 9.08. The summed E-state index contributed by atoms with van der Waals surface area (Å²) in [5.41, 5.74) is 0. The molecule has 0 aromatic carbocycles. The molecule has 2 rings (SSSR count). The lowest BCUT2D eigenvalue weighted by Gasteiger charge is -2.41. The average Bonchev–Trinajstić information content (AvgIpc) is 2.40. The van der Waals surface area contributed by atoms with Gasteiger partial charge < -0.3 is 10.2 Å². The normalized spacial score (nSPS) is 29.8. The summed E-state index contributed by atoms with van der Waals surface area (Å²) in [6.07, 6.45) is 7.20. The molecule has 110 valence electrons. The topological polar surface area (TPSA) is 32.3 Å². The molecule has 0 aromatic heterocycles. The number of rotatable bonds is 3. The van der Waals surface area contributed by atoms with Gasteiger partial charge in [0.25, 0.3) is 0 Å². The summed E-state index contributed by atoms with van der Waals surface area (Å²) in [6.45, 7) is 8.56. The van der Waals surface area contributed by atoms with Crippen LogP contribution in [0.4, 0.5) is 0 Å². The van der Waals surface area contributed by atoms with Crippen molar-refractivity contribution in [3.63, 3.8) is 0 Å². The van der Waals surface area contributed by atoms with Gasteiger partial charge in [-0.15, -0.1) is 0 Å². The van der Waals surface area contributed by atoms with Gasteiger partial charge in [-0.2, -0.15) is 0 Å². The summed E-state index contributed by atoms with van der Waals surface area (Å²) >= 11 is 0. The van der Waals surface area contributed by atoms with E-state index in [2.05, 4.69) is 31.0 Å². The van der Waals surface area contributed by atoms with Crippen molar-refractivity contribution in [2.75, 3.05) is 13.1 Å². The van der Waals surface area contributed by atoms with Gasteiger partial charge in [-0.05, 0) is 32.1 Å². The lowest BCUT2D eigenvalue weighted by atomic mass is 9.87. The highest BCUT2D eigenvalue weighted by Crippen LogP contribution is 2.27. The van der Waals surface area contributed by atoms with Crippen LogP contribution in [0.1, 0.15) is 59.3 Å². The number of nitrogens with zero attached hydrogens (tertiary/aromatic N) is 1. The van der Waals surface area contributed by atoms with Gasteiger partial charge in [0.15, 0.2) is 0 Å². The fourth-order valence-electron chi connectivity index (χ4n) is 3.55. The fourth-order valence-corrected chi connectivity index (χ4v) is 3.55. The monoisotopic (exact) mass is 266 g/mol. The zero-order chi connectivity index (χ0) is 13.8. The van der Waals surface area contributed by atoms with E-state index in [1.54, 1.807) is 0 Å². The maximum atomic E-state index is 12.7. The highest BCUT2D eigenvalue weighted by Gasteiger charge is 2.33. The van der Waals surface area contributed by atoms with Crippen molar-refractivity contribution < 1.29 is 4.79 Å². The minimum Gasteiger partial charge on any atom is -0.337 e. The third kappa shape index (κ3) is 3.95. The Labute approximate surface area is 118 Å². The van der Waals surface area contributed by atoms with Crippen LogP contribution in [-0.4, -0.2) is 36.0 Å². The third-order valence-electron chi connectivity index (χ3n) is 4.64. The molecule has 1 saturated heterocycles. The first-order valence-electron chi connectivity index (χ1n) is 8.11. The number of carbonyl (C=O) groups is 1. The van der Waals surface area contributed by atoms with Gasteiger partial charge in [0.05, 0.1) is 0 Å². The van der Waals surface area contributed by atoms with E-state index in [1.807, 2.05) is 0 Å². The minimum absolute atomic E-state index is 0.314. The van der Waals surface area contributed by atoms with E-state index in [0.29, 0.717) is 29.8 Å². The Morgan fingerprint density at radius 3 is 2.58 bits per heavy atom. The summed E-state index contributed by atoms with van der Waals surface area (Å²) in [5.74, 6) is 1.44. The highest BCUT2D eigenvalue weighted by atomic mass is 16.2. The predicted molar refractivity (Wildman–Crippen MR) is 79.0 cm³/mol. The maximum absolute atomic E-state index is 12.7. The maximum Gasteiger partial charge on any atom is 0.226 e. The lowest BCUT2D eigenvalue weighted by Crippen LogP contribution is -2.58. The van der Waals surface area contributed by atoms with Crippen LogP contribution < -0.4 is 5.32 Å². The molecule has 0 radical (unpaired) electrons. The van der Waals surface area contributed by atoms with Crippen LogP contribution in [-0.2, 0) is 4.79 Å². The number of hydrogen-bond acceptors (Lipinski definition) is 2. The number of amides is 1. The Hall–Kier alpha value is -0.570. The molecule has 19 heavy (non-hydrogen) atoms. The van der Waals surface area contributed by atoms with Crippen LogP contribution in [0.25, 0.3) is 0 Å². The molecule has 0 bridgehead atoms. The number of carbonyl (C=O) groups excluding carboxylic acids is 1. The van der Waals surface area contributed by atoms with E-state index in [9.17, 15) is 4.79 Å². The summed E-state index contributed by atoms with van der Waals surface area (Å²) in [7, 11) is 0. The zero-order valence-corrected chi connectivity index (χ0v) is 12.8. The van der Waals surface area contributed by atoms with E-state index >= 15 is 0 Å². The van der Waals surface area contributed by atoms with Gasteiger partial charge >= 0.3 is 0 Å². The molecule has 1 N–H and O–H groups in total. The quantitative estimate of drug-likeness (QED) is 0.852. The van der Waals surface area contributed by atoms with E-state index in [-0.39, 0.29) is 0 Å². The van der Waals surface area contributed by atoms with Gasteiger partial charge in [0.1, 0.15) is 0 Å². The van der Waals surface area contributed by atoms with Crippen molar-refractivity contribution >= 4 is 5.91 Å². The molecule has 1 aliphatic carbocycles.